The Balaban J connectivity index is 1.19. The number of sulfonamides is 1. The van der Waals surface area contributed by atoms with Gasteiger partial charge in [0.1, 0.15) is 18.2 Å². The van der Waals surface area contributed by atoms with Gasteiger partial charge in [-0.25, -0.2) is 22.3 Å². The molecule has 6 nitrogen and oxygen atoms in total. The lowest BCUT2D eigenvalue weighted by Crippen LogP contribution is -2.45. The number of Topliss-reactive ketones (excluding diaryl/α,β-unsaturated/α-hetero) is 1. The lowest BCUT2D eigenvalue weighted by atomic mass is 9.70. The van der Waals surface area contributed by atoms with Crippen molar-refractivity contribution >= 4 is 15.8 Å². The second kappa shape index (κ2) is 15.7. The lowest BCUT2D eigenvalue weighted by Gasteiger charge is -2.36. The van der Waals surface area contributed by atoms with Crippen molar-refractivity contribution < 1.29 is 17.8 Å². The molecular formula is C32H58N3O3S+. The summed E-state index contributed by atoms with van der Waals surface area (Å²) in [7, 11) is -3.48. The monoisotopic (exact) mass is 564 g/mol. The minimum Gasteiger partial charge on any atom is -0.299 e. The standard InChI is InChI=1S/C32H58N3O3S/c1-4-5-6-7-8-9-10-11-12-13-14-15-16-17-22-34-24-25-35(28-34)23-18-21-33-39(37,38)27-32-20-19-29(26-30(32)36)31(32,2)3/h24-25,28-29,33H,4-23,26-27H2,1-3H3/q+1. The molecule has 3 rings (SSSR count). The summed E-state index contributed by atoms with van der Waals surface area (Å²) in [6.45, 7) is 8.70. The van der Waals surface area contributed by atoms with Gasteiger partial charge in [-0.1, -0.05) is 97.8 Å². The zero-order valence-corrected chi connectivity index (χ0v) is 26.2. The molecule has 0 aliphatic heterocycles. The largest absolute Gasteiger partial charge is 0.299 e. The van der Waals surface area contributed by atoms with Crippen LogP contribution in [0.3, 0.4) is 0 Å². The van der Waals surface area contributed by atoms with Crippen LogP contribution in [0.1, 0.15) is 136 Å². The molecule has 7 heteroatoms. The van der Waals surface area contributed by atoms with Crippen molar-refractivity contribution in [1.29, 1.82) is 0 Å². The van der Waals surface area contributed by atoms with Crippen LogP contribution in [0.25, 0.3) is 0 Å². The van der Waals surface area contributed by atoms with Gasteiger partial charge in [0.25, 0.3) is 0 Å². The first-order valence-electron chi connectivity index (χ1n) is 16.3. The van der Waals surface area contributed by atoms with Crippen molar-refractivity contribution in [2.24, 2.45) is 16.7 Å². The molecule has 1 heterocycles. The minimum absolute atomic E-state index is 0.0505. The Labute approximate surface area is 239 Å². The summed E-state index contributed by atoms with van der Waals surface area (Å²) in [5.74, 6) is 0.445. The lowest BCUT2D eigenvalue weighted by molar-refractivity contribution is -0.696. The molecule has 0 saturated heterocycles. The van der Waals surface area contributed by atoms with E-state index in [2.05, 4.69) is 53.3 Å². The minimum atomic E-state index is -3.48. The zero-order chi connectivity index (χ0) is 28.2. The number of nitrogens with one attached hydrogen (secondary N) is 1. The van der Waals surface area contributed by atoms with Crippen molar-refractivity contribution in [3.8, 4) is 0 Å². The Morgan fingerprint density at radius 1 is 0.923 bits per heavy atom. The summed E-state index contributed by atoms with van der Waals surface area (Å²) < 4.78 is 32.9. The van der Waals surface area contributed by atoms with Gasteiger partial charge in [0, 0.05) is 18.4 Å². The van der Waals surface area contributed by atoms with Gasteiger partial charge in [-0.3, -0.25) is 4.79 Å². The smallest absolute Gasteiger partial charge is 0.243 e. The Bertz CT molecular complexity index is 971. The van der Waals surface area contributed by atoms with Crippen molar-refractivity contribution in [3.05, 3.63) is 18.7 Å². The highest BCUT2D eigenvalue weighted by molar-refractivity contribution is 7.89. The van der Waals surface area contributed by atoms with E-state index in [4.69, 9.17) is 0 Å². The third-order valence-electron chi connectivity index (χ3n) is 10.0. The number of fused-ring (bicyclic) bond motifs is 2. The molecular weight excluding hydrogens is 506 g/mol. The first-order valence-corrected chi connectivity index (χ1v) is 17.9. The number of ketones is 1. The molecule has 2 aliphatic rings. The Morgan fingerprint density at radius 3 is 2.05 bits per heavy atom. The highest BCUT2D eigenvalue weighted by atomic mass is 32.2. The molecule has 2 bridgehead atoms. The number of nitrogens with zero attached hydrogens (tertiary/aromatic N) is 2. The predicted octanol–water partition coefficient (Wildman–Crippen LogP) is 6.96. The second-order valence-corrected chi connectivity index (χ2v) is 15.0. The Kier molecular flexibility index (Phi) is 13.0. The summed E-state index contributed by atoms with van der Waals surface area (Å²) in [6.07, 6.45) is 28.6. The number of carbonyl (C=O) groups is 1. The van der Waals surface area contributed by atoms with E-state index >= 15 is 0 Å². The molecule has 2 atom stereocenters. The fourth-order valence-electron chi connectivity index (χ4n) is 7.17. The number of unbranched alkanes of at least 4 members (excludes halogenated alkanes) is 13. The zero-order valence-electron chi connectivity index (χ0n) is 25.4. The highest BCUT2D eigenvalue weighted by Gasteiger charge is 2.65. The summed E-state index contributed by atoms with van der Waals surface area (Å²) in [5, 5.41) is 0. The van der Waals surface area contributed by atoms with Crippen LogP contribution in [0.5, 0.6) is 0 Å². The summed E-state index contributed by atoms with van der Waals surface area (Å²) >= 11 is 0. The fraction of sp³-hybridized carbons (Fsp3) is 0.875. The first kappa shape index (κ1) is 32.3. The average molecular weight is 565 g/mol. The van der Waals surface area contributed by atoms with Crippen LogP contribution in [0.4, 0.5) is 0 Å². The number of imidazole rings is 1. The van der Waals surface area contributed by atoms with E-state index in [1.165, 1.54) is 89.9 Å². The van der Waals surface area contributed by atoms with Crippen LogP contribution < -0.4 is 9.29 Å². The molecule has 0 amide bonds. The van der Waals surface area contributed by atoms with E-state index < -0.39 is 15.4 Å². The van der Waals surface area contributed by atoms with Crippen molar-refractivity contribution in [2.75, 3.05) is 12.3 Å². The molecule has 39 heavy (non-hydrogen) atoms. The summed E-state index contributed by atoms with van der Waals surface area (Å²) in [5.41, 5.74) is -0.909. The molecule has 1 aromatic rings. The van der Waals surface area contributed by atoms with Gasteiger partial charge < -0.3 is 0 Å². The van der Waals surface area contributed by atoms with Crippen molar-refractivity contribution in [3.63, 3.8) is 0 Å². The number of hydrogen-bond acceptors (Lipinski definition) is 3. The molecule has 0 aromatic carbocycles. The van der Waals surface area contributed by atoms with Gasteiger partial charge in [-0.15, -0.1) is 0 Å². The molecule has 0 radical (unpaired) electrons. The van der Waals surface area contributed by atoms with Gasteiger partial charge in [0.15, 0.2) is 0 Å². The molecule has 1 aromatic heterocycles. The number of hydrogen-bond donors (Lipinski definition) is 1. The van der Waals surface area contributed by atoms with Crippen LogP contribution in [-0.4, -0.2) is 31.1 Å². The molecule has 224 valence electrons. The topological polar surface area (TPSA) is 72.0 Å². The summed E-state index contributed by atoms with van der Waals surface area (Å²) in [4.78, 5) is 12.7. The van der Waals surface area contributed by atoms with E-state index in [0.717, 1.165) is 25.9 Å². The highest BCUT2D eigenvalue weighted by Crippen LogP contribution is 2.64. The van der Waals surface area contributed by atoms with Crippen LogP contribution >= 0.6 is 0 Å². The quantitative estimate of drug-likeness (QED) is 0.122. The summed E-state index contributed by atoms with van der Waals surface area (Å²) in [6, 6.07) is 0. The molecule has 2 fully saturated rings. The van der Waals surface area contributed by atoms with Crippen LogP contribution in [-0.2, 0) is 27.9 Å². The number of aromatic nitrogens is 2. The Hall–Kier alpha value is -1.21. The van der Waals surface area contributed by atoms with E-state index in [9.17, 15) is 13.2 Å². The average Bonchev–Trinajstić information content (AvgIpc) is 3.49. The van der Waals surface area contributed by atoms with E-state index in [-0.39, 0.29) is 17.0 Å². The van der Waals surface area contributed by atoms with E-state index in [0.29, 0.717) is 25.3 Å². The van der Waals surface area contributed by atoms with Crippen molar-refractivity contribution in [2.45, 2.75) is 149 Å². The molecule has 2 aliphatic carbocycles. The normalized spacial score (nSPS) is 22.2. The van der Waals surface area contributed by atoms with Crippen LogP contribution in [0, 0.1) is 16.7 Å². The third-order valence-corrected chi connectivity index (χ3v) is 11.5. The van der Waals surface area contributed by atoms with Gasteiger partial charge in [-0.2, -0.15) is 0 Å². The third kappa shape index (κ3) is 9.41. The maximum Gasteiger partial charge on any atom is 0.243 e. The Morgan fingerprint density at radius 2 is 1.51 bits per heavy atom. The number of aryl methyl sites for hydroxylation is 2. The van der Waals surface area contributed by atoms with Gasteiger partial charge in [0.05, 0.1) is 18.8 Å². The van der Waals surface area contributed by atoms with Gasteiger partial charge in [0.2, 0.25) is 16.4 Å². The molecule has 0 spiro atoms. The maximum atomic E-state index is 12.9. The number of carbonyl (C=O) groups excluding carboxylic acids is 1. The number of rotatable bonds is 22. The van der Waals surface area contributed by atoms with E-state index in [1.54, 1.807) is 0 Å². The molecule has 2 unspecified atom stereocenters. The molecule has 1 N–H and O–H groups in total. The van der Waals surface area contributed by atoms with Gasteiger partial charge >= 0.3 is 0 Å². The second-order valence-electron chi connectivity index (χ2n) is 13.2. The van der Waals surface area contributed by atoms with Crippen LogP contribution in [0.15, 0.2) is 18.7 Å². The fourth-order valence-corrected chi connectivity index (χ4v) is 9.05. The van der Waals surface area contributed by atoms with Crippen molar-refractivity contribution in [1.82, 2.24) is 9.29 Å². The van der Waals surface area contributed by atoms with Crippen LogP contribution in [0.2, 0.25) is 0 Å². The van der Waals surface area contributed by atoms with E-state index in [1.807, 2.05) is 0 Å². The maximum absolute atomic E-state index is 12.9. The first-order chi connectivity index (χ1) is 18.7. The SMILES string of the molecule is CCCCCCCCCCCCCCCCn1cc[n+](CCCNS(=O)(=O)CC23CCC(CC2=O)C3(C)C)c1. The van der Waals surface area contributed by atoms with Gasteiger partial charge in [-0.05, 0) is 43.4 Å². The molecule has 2 saturated carbocycles. The predicted molar refractivity (Wildman–Crippen MR) is 160 cm³/mol.